The highest BCUT2D eigenvalue weighted by atomic mass is 16.5. The number of hydrogen-bond acceptors (Lipinski definition) is 3. The Hall–Kier alpha value is -0.120. The first-order valence-corrected chi connectivity index (χ1v) is 21.2. The third-order valence-electron chi connectivity index (χ3n) is 7.85. The van der Waals surface area contributed by atoms with Crippen LogP contribution in [0.3, 0.4) is 0 Å². The van der Waals surface area contributed by atoms with Gasteiger partial charge >= 0.3 is 0 Å². The Morgan fingerprint density at radius 1 is 0.235 bits per heavy atom. The number of ether oxygens (including phenoxy) is 3. The van der Waals surface area contributed by atoms with E-state index in [0.717, 1.165) is 26.1 Å². The Bertz CT molecular complexity index is 651. The fourth-order valence-corrected chi connectivity index (χ4v) is 4.53. The van der Waals surface area contributed by atoms with Crippen molar-refractivity contribution in [2.24, 2.45) is 32.5 Å². The molecule has 0 aliphatic heterocycles. The van der Waals surface area contributed by atoms with Crippen molar-refractivity contribution >= 4 is 0 Å². The Balaban J connectivity index is -0.000000290. The molecule has 0 aliphatic rings. The molecule has 51 heavy (non-hydrogen) atoms. The average molecular weight is 729 g/mol. The van der Waals surface area contributed by atoms with Crippen molar-refractivity contribution in [3.05, 3.63) is 0 Å². The molecule has 0 saturated carbocycles. The summed E-state index contributed by atoms with van der Waals surface area (Å²) in [6.07, 6.45) is 16.2. The minimum absolute atomic E-state index is 0.0191. The Kier molecular flexibility index (Phi) is 30.1. The van der Waals surface area contributed by atoms with Gasteiger partial charge in [-0.1, -0.05) is 163 Å². The predicted molar refractivity (Wildman–Crippen MR) is 234 cm³/mol. The maximum Gasteiger partial charge on any atom is 0.0707 e. The van der Waals surface area contributed by atoms with Crippen LogP contribution in [0, 0.1) is 32.5 Å². The van der Waals surface area contributed by atoms with Crippen LogP contribution < -0.4 is 0 Å². The second-order valence-electron chi connectivity index (χ2n) is 24.5. The second-order valence-corrected chi connectivity index (χ2v) is 24.5. The zero-order valence-corrected chi connectivity index (χ0v) is 40.5. The third-order valence-corrected chi connectivity index (χ3v) is 7.85. The summed E-state index contributed by atoms with van der Waals surface area (Å²) >= 11 is 0. The van der Waals surface area contributed by atoms with Crippen molar-refractivity contribution in [2.75, 3.05) is 26.4 Å². The molecule has 0 fully saturated rings. The van der Waals surface area contributed by atoms with Gasteiger partial charge in [-0.3, -0.25) is 0 Å². The normalized spacial score (nSPS) is 13.4. The molecule has 0 aromatic rings. The lowest BCUT2D eigenvalue weighted by molar-refractivity contribution is -0.0372. The van der Waals surface area contributed by atoms with Crippen LogP contribution in [0.15, 0.2) is 0 Å². The van der Waals surface area contributed by atoms with Crippen LogP contribution in [-0.2, 0) is 14.2 Å². The van der Waals surface area contributed by atoms with E-state index in [9.17, 15) is 0 Å². The molecule has 0 bridgehead atoms. The Labute approximate surface area is 326 Å². The van der Waals surface area contributed by atoms with E-state index in [-0.39, 0.29) is 11.2 Å². The molecular formula is C48H104O3. The molecule has 0 radical (unpaired) electrons. The van der Waals surface area contributed by atoms with Gasteiger partial charge in [0.05, 0.1) is 24.4 Å². The van der Waals surface area contributed by atoms with Gasteiger partial charge in [0, 0.05) is 13.2 Å². The van der Waals surface area contributed by atoms with Gasteiger partial charge < -0.3 is 14.2 Å². The van der Waals surface area contributed by atoms with Gasteiger partial charge in [0.15, 0.2) is 0 Å². The quantitative estimate of drug-likeness (QED) is 0.157. The molecule has 0 saturated heterocycles. The van der Waals surface area contributed by atoms with Crippen molar-refractivity contribution in [3.63, 3.8) is 0 Å². The summed E-state index contributed by atoms with van der Waals surface area (Å²) in [5, 5.41) is 0. The zero-order valence-electron chi connectivity index (χ0n) is 40.5. The molecule has 0 aliphatic carbocycles. The first-order chi connectivity index (χ1) is 22.3. The van der Waals surface area contributed by atoms with Crippen LogP contribution in [0.25, 0.3) is 0 Å². The summed E-state index contributed by atoms with van der Waals surface area (Å²) < 4.78 is 16.6. The Morgan fingerprint density at radius 2 is 0.471 bits per heavy atom. The first-order valence-electron chi connectivity index (χ1n) is 21.2. The lowest BCUT2D eigenvalue weighted by atomic mass is 9.85. The van der Waals surface area contributed by atoms with Crippen LogP contribution >= 0.6 is 0 Å². The molecule has 0 spiro atoms. The molecular weight excluding hydrogens is 625 g/mol. The summed E-state index contributed by atoms with van der Waals surface area (Å²) in [6.45, 7) is 56.9. The molecule has 0 heterocycles. The molecule has 3 nitrogen and oxygen atoms in total. The van der Waals surface area contributed by atoms with E-state index in [1.807, 2.05) is 0 Å². The lowest BCUT2D eigenvalue weighted by Gasteiger charge is -2.23. The van der Waals surface area contributed by atoms with E-state index in [1.165, 1.54) is 64.2 Å². The van der Waals surface area contributed by atoms with E-state index < -0.39 is 0 Å². The monoisotopic (exact) mass is 729 g/mol. The fourth-order valence-electron chi connectivity index (χ4n) is 4.53. The first kappa shape index (κ1) is 57.6. The van der Waals surface area contributed by atoms with Gasteiger partial charge in [-0.15, -0.1) is 0 Å². The fraction of sp³-hybridized carbons (Fsp3) is 1.00. The van der Waals surface area contributed by atoms with Crippen molar-refractivity contribution in [1.29, 1.82) is 0 Å². The van der Waals surface area contributed by atoms with E-state index in [1.54, 1.807) is 0 Å². The van der Waals surface area contributed by atoms with Crippen LogP contribution in [-0.4, -0.2) is 37.6 Å². The maximum absolute atomic E-state index is 5.61. The number of hydrogen-bond donors (Lipinski definition) is 0. The van der Waals surface area contributed by atoms with E-state index in [0.29, 0.717) is 45.7 Å². The topological polar surface area (TPSA) is 27.7 Å². The van der Waals surface area contributed by atoms with Crippen molar-refractivity contribution < 1.29 is 14.2 Å². The van der Waals surface area contributed by atoms with Crippen molar-refractivity contribution in [3.8, 4) is 0 Å². The molecule has 0 atom stereocenters. The molecule has 0 aromatic carbocycles. The predicted octanol–water partition coefficient (Wildman–Crippen LogP) is 16.6. The molecule has 0 amide bonds. The van der Waals surface area contributed by atoms with E-state index in [4.69, 9.17) is 14.2 Å². The minimum Gasteiger partial charge on any atom is -0.379 e. The van der Waals surface area contributed by atoms with Gasteiger partial charge in [0.1, 0.15) is 0 Å². The lowest BCUT2D eigenvalue weighted by Crippen LogP contribution is -2.22. The molecule has 0 N–H and O–H groups in total. The summed E-state index contributed by atoms with van der Waals surface area (Å²) in [4.78, 5) is 0. The zero-order chi connectivity index (χ0) is 41.4. The van der Waals surface area contributed by atoms with Gasteiger partial charge in [0.25, 0.3) is 0 Å². The van der Waals surface area contributed by atoms with Crippen LogP contribution in [0.2, 0.25) is 0 Å². The SMILES string of the molecule is CC(C)(C)CCCCC(C)(C)C.CC(C)(C)CCCCCCC(C)(C)C.CC(C)(C)CCOC(C)(C)C.CC(C)(C)CCOCCOC(C)(C)C. The molecule has 0 rings (SSSR count). The van der Waals surface area contributed by atoms with Crippen LogP contribution in [0.4, 0.5) is 0 Å². The van der Waals surface area contributed by atoms with Crippen molar-refractivity contribution in [2.45, 2.75) is 254 Å². The third kappa shape index (κ3) is 75.6. The molecule has 0 unspecified atom stereocenters. The summed E-state index contributed by atoms with van der Waals surface area (Å²) in [5.74, 6) is 0. The highest BCUT2D eigenvalue weighted by molar-refractivity contribution is 4.67. The highest BCUT2D eigenvalue weighted by Gasteiger charge is 2.15. The molecule has 314 valence electrons. The van der Waals surface area contributed by atoms with Gasteiger partial charge in [-0.2, -0.15) is 0 Å². The minimum atomic E-state index is -0.0482. The van der Waals surface area contributed by atoms with Gasteiger partial charge in [-0.05, 0) is 113 Å². The van der Waals surface area contributed by atoms with Gasteiger partial charge in [0.2, 0.25) is 0 Å². The number of unbranched alkanes of at least 4 members (excludes halogenated alkanes) is 4. The van der Waals surface area contributed by atoms with Crippen LogP contribution in [0.5, 0.6) is 0 Å². The summed E-state index contributed by atoms with van der Waals surface area (Å²) in [5.41, 5.74) is 2.85. The summed E-state index contributed by atoms with van der Waals surface area (Å²) in [7, 11) is 0. The van der Waals surface area contributed by atoms with Crippen LogP contribution in [0.1, 0.15) is 243 Å². The Morgan fingerprint density at radius 3 is 0.725 bits per heavy atom. The maximum atomic E-state index is 5.61. The van der Waals surface area contributed by atoms with Gasteiger partial charge in [-0.25, -0.2) is 0 Å². The average Bonchev–Trinajstić information content (AvgIpc) is 2.82. The molecule has 0 aromatic heterocycles. The highest BCUT2D eigenvalue weighted by Crippen LogP contribution is 2.27. The van der Waals surface area contributed by atoms with Crippen molar-refractivity contribution in [1.82, 2.24) is 0 Å². The molecule has 3 heteroatoms. The number of rotatable bonds is 15. The smallest absolute Gasteiger partial charge is 0.0707 e. The largest absolute Gasteiger partial charge is 0.379 e. The second kappa shape index (κ2) is 26.6. The van der Waals surface area contributed by atoms with E-state index in [2.05, 4.69) is 166 Å². The standard InChI is InChI=1S/C14H30.C12H26O2.C12H26.C10H22O/c1-13(2,3)11-9-7-8-10-12-14(4,5)6;1-11(2,3)7-8-13-9-10-14-12(4,5)6;1-11(2,3)9-7-8-10-12(4,5)6;1-9(2,3)7-8-11-10(4,5)6/h7-12H2,1-6H3;7-10H2,1-6H3;7-10H2,1-6H3;7-8H2,1-6H3. The van der Waals surface area contributed by atoms with E-state index >= 15 is 0 Å². The summed E-state index contributed by atoms with van der Waals surface area (Å²) in [6, 6.07) is 0.